The van der Waals surface area contributed by atoms with Crippen LogP contribution in [0.1, 0.15) is 44.6 Å². The van der Waals surface area contributed by atoms with Crippen LogP contribution in [0.4, 0.5) is 5.82 Å². The van der Waals surface area contributed by atoms with Crippen molar-refractivity contribution in [3.05, 3.63) is 30.0 Å². The predicted octanol–water partition coefficient (Wildman–Crippen LogP) is 3.12. The van der Waals surface area contributed by atoms with Crippen LogP contribution in [0.2, 0.25) is 0 Å². The first-order chi connectivity index (χ1) is 15.4. The van der Waals surface area contributed by atoms with E-state index in [1.54, 1.807) is 4.90 Å². The Hall–Kier alpha value is -3.16. The van der Waals surface area contributed by atoms with Crippen LogP contribution in [0.5, 0.6) is 0 Å². The average molecular weight is 437 g/mol. The number of pyridine rings is 1. The van der Waals surface area contributed by atoms with Crippen LogP contribution < -0.4 is 5.32 Å². The summed E-state index contributed by atoms with van der Waals surface area (Å²) in [6, 6.07) is 3.91. The van der Waals surface area contributed by atoms with Gasteiger partial charge in [-0.1, -0.05) is 19.4 Å². The molecule has 1 aliphatic heterocycles. The van der Waals surface area contributed by atoms with Gasteiger partial charge in [-0.25, -0.2) is 4.98 Å². The van der Waals surface area contributed by atoms with Crippen molar-refractivity contribution in [1.82, 2.24) is 14.9 Å². The number of amides is 2. The van der Waals surface area contributed by atoms with Gasteiger partial charge in [-0.3, -0.25) is 14.4 Å². The fourth-order valence-electron chi connectivity index (χ4n) is 4.90. The van der Waals surface area contributed by atoms with Crippen LogP contribution in [0, 0.1) is 17.3 Å². The molecule has 2 aromatic rings. The van der Waals surface area contributed by atoms with Crippen LogP contribution in [0.15, 0.2) is 24.4 Å². The van der Waals surface area contributed by atoms with Crippen LogP contribution in [-0.4, -0.2) is 52.9 Å². The van der Waals surface area contributed by atoms with Crippen molar-refractivity contribution >= 4 is 40.2 Å². The van der Waals surface area contributed by atoms with Gasteiger partial charge in [0.1, 0.15) is 16.9 Å². The summed E-state index contributed by atoms with van der Waals surface area (Å²) in [7, 11) is 1.34. The molecule has 0 saturated heterocycles. The minimum Gasteiger partial charge on any atom is -0.468 e. The maximum Gasteiger partial charge on any atom is 0.321 e. The zero-order valence-electron chi connectivity index (χ0n) is 18.4. The van der Waals surface area contributed by atoms with E-state index >= 15 is 0 Å². The van der Waals surface area contributed by atoms with Gasteiger partial charge in [0.15, 0.2) is 0 Å². The Labute approximate surface area is 186 Å². The van der Waals surface area contributed by atoms with Crippen molar-refractivity contribution in [3.8, 4) is 0 Å². The lowest BCUT2D eigenvalue weighted by Crippen LogP contribution is -2.54. The van der Waals surface area contributed by atoms with Crippen LogP contribution in [-0.2, 0) is 19.1 Å². The van der Waals surface area contributed by atoms with E-state index in [9.17, 15) is 14.4 Å². The molecular formula is C24H28N4O4. The van der Waals surface area contributed by atoms with E-state index in [-0.39, 0.29) is 23.7 Å². The fraction of sp³-hybridized carbons (Fsp3) is 0.500. The number of nitrogens with one attached hydrogen (secondary N) is 2. The molecule has 8 nitrogen and oxygen atoms in total. The summed E-state index contributed by atoms with van der Waals surface area (Å²) in [5.74, 6) is 0.172. The number of H-pyrrole nitrogens is 1. The molecule has 2 aliphatic carbocycles. The topological polar surface area (TPSA) is 104 Å². The van der Waals surface area contributed by atoms with Gasteiger partial charge in [-0.2, -0.15) is 0 Å². The van der Waals surface area contributed by atoms with Crippen molar-refractivity contribution in [1.29, 1.82) is 0 Å². The minimum absolute atomic E-state index is 0.0189. The number of carbonyl (C=O) groups is 3. The number of hydrogen-bond acceptors (Lipinski definition) is 5. The first kappa shape index (κ1) is 20.7. The number of fused-ring (bicyclic) bond motifs is 1. The SMILES string of the molecule is COC(=O)C1(C(=O)N2CC=C(c3cc(NC(=O)C4CC4)nc4[nH]ccc34)C(C)C2)CCC1. The molecule has 2 amide bonds. The van der Waals surface area contributed by atoms with Gasteiger partial charge < -0.3 is 19.9 Å². The average Bonchev–Trinajstić information content (AvgIpc) is 3.50. The van der Waals surface area contributed by atoms with E-state index in [0.717, 1.165) is 41.4 Å². The van der Waals surface area contributed by atoms with Crippen LogP contribution >= 0.6 is 0 Å². The van der Waals surface area contributed by atoms with E-state index in [4.69, 9.17) is 4.74 Å². The Morgan fingerprint density at radius 2 is 2.06 bits per heavy atom. The fourth-order valence-corrected chi connectivity index (χ4v) is 4.90. The molecule has 1 atom stereocenters. The molecule has 2 N–H and O–H groups in total. The van der Waals surface area contributed by atoms with E-state index in [1.807, 2.05) is 18.3 Å². The largest absolute Gasteiger partial charge is 0.468 e. The molecule has 168 valence electrons. The first-order valence-electron chi connectivity index (χ1n) is 11.3. The molecule has 2 aromatic heterocycles. The van der Waals surface area contributed by atoms with Crippen molar-refractivity contribution < 1.29 is 19.1 Å². The van der Waals surface area contributed by atoms with Crippen molar-refractivity contribution in [3.63, 3.8) is 0 Å². The maximum atomic E-state index is 13.2. The van der Waals surface area contributed by atoms with Crippen molar-refractivity contribution in [2.45, 2.75) is 39.0 Å². The van der Waals surface area contributed by atoms with Crippen molar-refractivity contribution in [2.24, 2.45) is 17.3 Å². The monoisotopic (exact) mass is 436 g/mol. The smallest absolute Gasteiger partial charge is 0.321 e. The summed E-state index contributed by atoms with van der Waals surface area (Å²) < 4.78 is 4.95. The van der Waals surface area contributed by atoms with Gasteiger partial charge in [0.25, 0.3) is 0 Å². The number of hydrogen-bond donors (Lipinski definition) is 2. The van der Waals surface area contributed by atoms with E-state index < -0.39 is 11.4 Å². The molecule has 1 unspecified atom stereocenters. The first-order valence-corrected chi connectivity index (χ1v) is 11.3. The lowest BCUT2D eigenvalue weighted by atomic mass is 9.67. The summed E-state index contributed by atoms with van der Waals surface area (Å²) >= 11 is 0. The number of nitrogens with zero attached hydrogens (tertiary/aromatic N) is 2. The normalized spacial score (nSPS) is 22.1. The number of anilines is 1. The third kappa shape index (κ3) is 3.38. The molecule has 5 rings (SSSR count). The Kier molecular flexibility index (Phi) is 5.03. The summed E-state index contributed by atoms with van der Waals surface area (Å²) in [6.45, 7) is 3.05. The molecule has 2 fully saturated rings. The van der Waals surface area contributed by atoms with Gasteiger partial charge in [0.2, 0.25) is 11.8 Å². The maximum absolute atomic E-state index is 13.2. The van der Waals surface area contributed by atoms with Crippen molar-refractivity contribution in [2.75, 3.05) is 25.5 Å². The number of methoxy groups -OCH3 is 1. The molecule has 3 aliphatic rings. The van der Waals surface area contributed by atoms with Gasteiger partial charge in [-0.05, 0) is 54.9 Å². The summed E-state index contributed by atoms with van der Waals surface area (Å²) in [5, 5.41) is 3.93. The highest BCUT2D eigenvalue weighted by Crippen LogP contribution is 2.44. The van der Waals surface area contributed by atoms with Gasteiger partial charge >= 0.3 is 5.97 Å². The van der Waals surface area contributed by atoms with E-state index in [1.165, 1.54) is 7.11 Å². The zero-order valence-corrected chi connectivity index (χ0v) is 18.4. The lowest BCUT2D eigenvalue weighted by molar-refractivity contribution is -0.170. The van der Waals surface area contributed by atoms with Gasteiger partial charge in [0, 0.05) is 30.6 Å². The lowest BCUT2D eigenvalue weighted by Gasteiger charge is -2.42. The molecule has 0 radical (unpaired) electrons. The Balaban J connectivity index is 1.42. The number of carbonyl (C=O) groups excluding carboxylic acids is 3. The second-order valence-electron chi connectivity index (χ2n) is 9.26. The standard InChI is InChI=1S/C24H28N4O4/c1-14-13-28(22(30)24(8-3-9-24)23(31)32-2)11-7-16(14)18-12-19(27-21(29)15-4-5-15)26-20-17(18)6-10-25-20/h6-7,10,12,14-15H,3-5,8-9,11,13H2,1-2H3,(H2,25,26,27,29). The second-order valence-corrected chi connectivity index (χ2v) is 9.26. The molecule has 8 heteroatoms. The van der Waals surface area contributed by atoms with Crippen LogP contribution in [0.25, 0.3) is 16.6 Å². The quantitative estimate of drug-likeness (QED) is 0.554. The number of ether oxygens (including phenoxy) is 1. The highest BCUT2D eigenvalue weighted by molar-refractivity contribution is 6.04. The predicted molar refractivity (Wildman–Crippen MR) is 119 cm³/mol. The number of aromatic amines is 1. The Morgan fingerprint density at radius 1 is 1.28 bits per heavy atom. The molecule has 3 heterocycles. The Morgan fingerprint density at radius 3 is 2.69 bits per heavy atom. The molecule has 32 heavy (non-hydrogen) atoms. The number of aromatic nitrogens is 2. The summed E-state index contributed by atoms with van der Waals surface area (Å²) in [5.41, 5.74) is 1.83. The highest BCUT2D eigenvalue weighted by Gasteiger charge is 2.54. The number of rotatable bonds is 5. The highest BCUT2D eigenvalue weighted by atomic mass is 16.5. The molecule has 2 saturated carbocycles. The van der Waals surface area contributed by atoms with Gasteiger partial charge in [-0.15, -0.1) is 0 Å². The zero-order chi connectivity index (χ0) is 22.5. The Bertz CT molecular complexity index is 1130. The van der Waals surface area contributed by atoms with E-state index in [0.29, 0.717) is 31.7 Å². The second kappa shape index (κ2) is 7.76. The molecule has 0 aromatic carbocycles. The van der Waals surface area contributed by atoms with Gasteiger partial charge in [0.05, 0.1) is 7.11 Å². The van der Waals surface area contributed by atoms with Crippen LogP contribution in [0.3, 0.4) is 0 Å². The molecular weight excluding hydrogens is 408 g/mol. The number of esters is 1. The third-order valence-corrected chi connectivity index (χ3v) is 7.08. The third-order valence-electron chi connectivity index (χ3n) is 7.08. The molecule has 0 bridgehead atoms. The molecule has 0 spiro atoms. The van der Waals surface area contributed by atoms with E-state index in [2.05, 4.69) is 28.3 Å². The summed E-state index contributed by atoms with van der Waals surface area (Å²) in [6.07, 6.45) is 7.74. The minimum atomic E-state index is -1.01. The summed E-state index contributed by atoms with van der Waals surface area (Å²) in [4.78, 5) is 47.3.